The third-order valence-corrected chi connectivity index (χ3v) is 4.46. The first-order chi connectivity index (χ1) is 11.4. The van der Waals surface area contributed by atoms with E-state index in [2.05, 4.69) is 19.9 Å². The Kier molecular flexibility index (Phi) is 4.50. The molecule has 0 bridgehead atoms. The van der Waals surface area contributed by atoms with E-state index in [0.29, 0.717) is 33.1 Å². The van der Waals surface area contributed by atoms with Crippen molar-refractivity contribution in [2.45, 2.75) is 6.42 Å². The third kappa shape index (κ3) is 3.39. The van der Waals surface area contributed by atoms with Crippen molar-refractivity contribution in [1.82, 2.24) is 19.9 Å². The highest BCUT2D eigenvalue weighted by Gasteiger charge is 2.16. The number of carboxylic acids is 1. The minimum absolute atomic E-state index is 0.269. The van der Waals surface area contributed by atoms with Crippen molar-refractivity contribution in [3.63, 3.8) is 0 Å². The van der Waals surface area contributed by atoms with Crippen molar-refractivity contribution >= 4 is 34.9 Å². The minimum Gasteiger partial charge on any atom is -0.550 e. The molecule has 0 atom stereocenters. The van der Waals surface area contributed by atoms with E-state index in [-0.39, 0.29) is 6.42 Å². The number of anilines is 1. The van der Waals surface area contributed by atoms with Gasteiger partial charge in [-0.15, -0.1) is 11.3 Å². The SMILES string of the molecule is CN(C)c1ncc(-c2nc(-c3ccc(Cl)s3)c(CC(=O)[O-])[nH]2)cn1. The maximum Gasteiger partial charge on any atom is 0.224 e. The van der Waals surface area contributed by atoms with Gasteiger partial charge in [-0.2, -0.15) is 0 Å². The highest BCUT2D eigenvalue weighted by Crippen LogP contribution is 2.33. The van der Waals surface area contributed by atoms with Gasteiger partial charge in [0.25, 0.3) is 0 Å². The number of nitrogens with zero attached hydrogens (tertiary/aromatic N) is 4. The van der Waals surface area contributed by atoms with Gasteiger partial charge in [0.1, 0.15) is 11.5 Å². The van der Waals surface area contributed by atoms with E-state index in [0.717, 1.165) is 4.88 Å². The molecule has 0 unspecified atom stereocenters. The molecule has 3 aromatic heterocycles. The van der Waals surface area contributed by atoms with Gasteiger partial charge in [-0.05, 0) is 12.1 Å². The van der Waals surface area contributed by atoms with Gasteiger partial charge in [0.15, 0.2) is 0 Å². The second-order valence-corrected chi connectivity index (χ2v) is 6.95. The van der Waals surface area contributed by atoms with Crippen molar-refractivity contribution in [2.75, 3.05) is 19.0 Å². The molecule has 3 rings (SSSR count). The first-order valence-electron chi connectivity index (χ1n) is 6.98. The van der Waals surface area contributed by atoms with Crippen LogP contribution in [0, 0.1) is 0 Å². The van der Waals surface area contributed by atoms with Crippen LogP contribution in [0.2, 0.25) is 4.34 Å². The summed E-state index contributed by atoms with van der Waals surface area (Å²) >= 11 is 7.30. The van der Waals surface area contributed by atoms with Crippen molar-refractivity contribution in [3.05, 3.63) is 34.6 Å². The van der Waals surface area contributed by atoms with Crippen LogP contribution in [-0.2, 0) is 11.2 Å². The van der Waals surface area contributed by atoms with E-state index in [1.807, 2.05) is 14.1 Å². The molecule has 0 aromatic carbocycles. The molecule has 124 valence electrons. The number of aromatic amines is 1. The van der Waals surface area contributed by atoms with Crippen molar-refractivity contribution < 1.29 is 9.90 Å². The molecule has 0 saturated carbocycles. The second kappa shape index (κ2) is 6.58. The van der Waals surface area contributed by atoms with E-state index in [9.17, 15) is 9.90 Å². The van der Waals surface area contributed by atoms with Gasteiger partial charge in [-0.25, -0.2) is 15.0 Å². The number of carbonyl (C=O) groups excluding carboxylic acids is 1. The lowest BCUT2D eigenvalue weighted by molar-refractivity contribution is -0.304. The molecule has 3 heterocycles. The van der Waals surface area contributed by atoms with Gasteiger partial charge in [0.2, 0.25) is 5.95 Å². The number of aliphatic carboxylic acids is 1. The van der Waals surface area contributed by atoms with Crippen LogP contribution < -0.4 is 10.0 Å². The minimum atomic E-state index is -1.19. The maximum absolute atomic E-state index is 11.0. The molecule has 0 radical (unpaired) electrons. The molecule has 0 aliphatic carbocycles. The van der Waals surface area contributed by atoms with E-state index < -0.39 is 5.97 Å². The summed E-state index contributed by atoms with van der Waals surface area (Å²) < 4.78 is 0.604. The Hall–Kier alpha value is -2.45. The quantitative estimate of drug-likeness (QED) is 0.740. The van der Waals surface area contributed by atoms with Crippen LogP contribution in [0.25, 0.3) is 22.0 Å². The Labute approximate surface area is 147 Å². The van der Waals surface area contributed by atoms with Crippen LogP contribution in [0.4, 0.5) is 5.95 Å². The lowest BCUT2D eigenvalue weighted by atomic mass is 10.2. The van der Waals surface area contributed by atoms with E-state index in [4.69, 9.17) is 11.6 Å². The van der Waals surface area contributed by atoms with Crippen molar-refractivity contribution in [2.24, 2.45) is 0 Å². The fraction of sp³-hybridized carbons (Fsp3) is 0.200. The lowest BCUT2D eigenvalue weighted by Crippen LogP contribution is -2.24. The molecule has 0 saturated heterocycles. The van der Waals surface area contributed by atoms with E-state index >= 15 is 0 Å². The van der Waals surface area contributed by atoms with Crippen molar-refractivity contribution in [1.29, 1.82) is 0 Å². The summed E-state index contributed by atoms with van der Waals surface area (Å²) in [6.45, 7) is 0. The standard InChI is InChI=1S/C15H14ClN5O2S/c1-21(2)15-17-6-8(7-18-15)14-19-9(5-12(22)23)13(20-14)10-3-4-11(16)24-10/h3-4,6-7H,5H2,1-2H3,(H,19,20)(H,22,23)/p-1. The molecule has 0 amide bonds. The molecule has 1 N–H and O–H groups in total. The Morgan fingerprint density at radius 1 is 1.33 bits per heavy atom. The smallest absolute Gasteiger partial charge is 0.224 e. The number of carboxylic acid groups (broad SMARTS) is 1. The normalized spacial score (nSPS) is 10.8. The zero-order chi connectivity index (χ0) is 17.3. The first kappa shape index (κ1) is 16.4. The number of imidazole rings is 1. The van der Waals surface area contributed by atoms with Gasteiger partial charge in [0.05, 0.1) is 14.8 Å². The Balaban J connectivity index is 2.02. The van der Waals surface area contributed by atoms with Gasteiger partial charge >= 0.3 is 0 Å². The van der Waals surface area contributed by atoms with Crippen LogP contribution in [0.1, 0.15) is 5.69 Å². The van der Waals surface area contributed by atoms with Gasteiger partial charge in [0, 0.05) is 44.6 Å². The Morgan fingerprint density at radius 3 is 2.58 bits per heavy atom. The molecule has 24 heavy (non-hydrogen) atoms. The Morgan fingerprint density at radius 2 is 2.04 bits per heavy atom. The summed E-state index contributed by atoms with van der Waals surface area (Å²) in [4.78, 5) is 29.6. The number of hydrogen-bond acceptors (Lipinski definition) is 7. The predicted octanol–water partition coefficient (Wildman–Crippen LogP) is 1.61. The van der Waals surface area contributed by atoms with Crippen LogP contribution in [0.15, 0.2) is 24.5 Å². The fourth-order valence-electron chi connectivity index (χ4n) is 2.14. The molecule has 0 spiro atoms. The number of aromatic nitrogens is 4. The number of thiophene rings is 1. The second-order valence-electron chi connectivity index (χ2n) is 5.23. The average Bonchev–Trinajstić information content (AvgIpc) is 3.13. The monoisotopic (exact) mass is 362 g/mol. The highest BCUT2D eigenvalue weighted by atomic mass is 35.5. The number of nitrogens with one attached hydrogen (secondary N) is 1. The summed E-state index contributed by atoms with van der Waals surface area (Å²) in [6.07, 6.45) is 3.00. The van der Waals surface area contributed by atoms with Crippen LogP contribution in [-0.4, -0.2) is 40.0 Å². The summed E-state index contributed by atoms with van der Waals surface area (Å²) in [6, 6.07) is 3.55. The van der Waals surface area contributed by atoms with Gasteiger partial charge < -0.3 is 19.8 Å². The summed E-state index contributed by atoms with van der Waals surface area (Å²) in [5.41, 5.74) is 1.66. The summed E-state index contributed by atoms with van der Waals surface area (Å²) in [7, 11) is 3.69. The molecular formula is C15H13ClN5O2S-. The highest BCUT2D eigenvalue weighted by molar-refractivity contribution is 7.19. The van der Waals surface area contributed by atoms with Crippen molar-refractivity contribution in [3.8, 4) is 22.0 Å². The molecule has 3 aromatic rings. The average molecular weight is 363 g/mol. The molecule has 0 aliphatic rings. The zero-order valence-electron chi connectivity index (χ0n) is 12.9. The van der Waals surface area contributed by atoms with Gasteiger partial charge in [-0.1, -0.05) is 11.6 Å². The number of rotatable bonds is 5. The van der Waals surface area contributed by atoms with Crippen LogP contribution in [0.5, 0.6) is 0 Å². The predicted molar refractivity (Wildman–Crippen MR) is 91.0 cm³/mol. The van der Waals surface area contributed by atoms with Crippen LogP contribution in [0.3, 0.4) is 0 Å². The number of hydrogen-bond donors (Lipinski definition) is 1. The zero-order valence-corrected chi connectivity index (χ0v) is 14.5. The number of carbonyl (C=O) groups is 1. The lowest BCUT2D eigenvalue weighted by Gasteiger charge is -2.08. The largest absolute Gasteiger partial charge is 0.550 e. The first-order valence-corrected chi connectivity index (χ1v) is 8.17. The Bertz CT molecular complexity index is 872. The number of halogens is 1. The van der Waals surface area contributed by atoms with Gasteiger partial charge in [-0.3, -0.25) is 0 Å². The molecule has 0 aliphatic heterocycles. The van der Waals surface area contributed by atoms with E-state index in [1.165, 1.54) is 11.3 Å². The third-order valence-electron chi connectivity index (χ3n) is 3.22. The molecule has 7 nitrogen and oxygen atoms in total. The molecular weight excluding hydrogens is 350 g/mol. The molecule has 0 fully saturated rings. The number of H-pyrrole nitrogens is 1. The van der Waals surface area contributed by atoms with Crippen LogP contribution >= 0.6 is 22.9 Å². The summed E-state index contributed by atoms with van der Waals surface area (Å²) in [5, 5.41) is 11.0. The summed E-state index contributed by atoms with van der Waals surface area (Å²) in [5.74, 6) is -0.116. The molecule has 9 heteroatoms. The topological polar surface area (TPSA) is 97.8 Å². The van der Waals surface area contributed by atoms with E-state index in [1.54, 1.807) is 29.4 Å². The maximum atomic E-state index is 11.0. The fourth-order valence-corrected chi connectivity index (χ4v) is 3.20.